The molecule has 34 heavy (non-hydrogen) atoms. The number of rotatable bonds is 10. The lowest BCUT2D eigenvalue weighted by atomic mass is 10.2. The lowest BCUT2D eigenvalue weighted by molar-refractivity contribution is -0.116. The Bertz CT molecular complexity index is 1280. The van der Waals surface area contributed by atoms with E-state index in [0.29, 0.717) is 42.6 Å². The molecule has 0 fully saturated rings. The van der Waals surface area contributed by atoms with Crippen LogP contribution in [0, 0.1) is 0 Å². The molecule has 2 aromatic carbocycles. The Morgan fingerprint density at radius 1 is 0.971 bits per heavy atom. The van der Waals surface area contributed by atoms with Gasteiger partial charge in [0.05, 0.1) is 42.9 Å². The van der Waals surface area contributed by atoms with Crippen molar-refractivity contribution in [2.45, 2.75) is 26.8 Å². The molecule has 176 valence electrons. The maximum Gasteiger partial charge on any atom is 0.291 e. The second-order valence-electron chi connectivity index (χ2n) is 7.24. The summed E-state index contributed by atoms with van der Waals surface area (Å²) >= 11 is 0. The van der Waals surface area contributed by atoms with Gasteiger partial charge in [0, 0.05) is 18.6 Å². The zero-order valence-corrected chi connectivity index (χ0v) is 18.9. The summed E-state index contributed by atoms with van der Waals surface area (Å²) in [5.41, 5.74) is 2.48. The van der Waals surface area contributed by atoms with Crippen LogP contribution in [0.2, 0.25) is 0 Å². The van der Waals surface area contributed by atoms with Crippen molar-refractivity contribution in [2.24, 2.45) is 0 Å². The van der Waals surface area contributed by atoms with E-state index in [2.05, 4.69) is 20.9 Å². The molecule has 0 aliphatic carbocycles. The van der Waals surface area contributed by atoms with Crippen molar-refractivity contribution < 1.29 is 23.5 Å². The first kappa shape index (κ1) is 22.8. The van der Waals surface area contributed by atoms with Crippen molar-refractivity contribution in [3.63, 3.8) is 0 Å². The third kappa shape index (κ3) is 5.17. The molecule has 4 aromatic rings. The quantitative estimate of drug-likeness (QED) is 0.363. The Hall–Kier alpha value is -4.34. The highest BCUT2D eigenvalue weighted by molar-refractivity contribution is 6.04. The first-order valence-electron chi connectivity index (χ1n) is 11.0. The van der Waals surface area contributed by atoms with Crippen molar-refractivity contribution >= 4 is 34.2 Å². The van der Waals surface area contributed by atoms with Gasteiger partial charge in [-0.2, -0.15) is 0 Å². The fourth-order valence-corrected chi connectivity index (χ4v) is 3.40. The summed E-state index contributed by atoms with van der Waals surface area (Å²) in [5.74, 6) is 0.308. The molecule has 0 spiro atoms. The molecule has 0 bridgehead atoms. The van der Waals surface area contributed by atoms with E-state index in [1.807, 2.05) is 38.1 Å². The molecule has 10 nitrogen and oxygen atoms in total. The Morgan fingerprint density at radius 3 is 2.35 bits per heavy atom. The fraction of sp³-hybridized carbons (Fsp3) is 0.250. The van der Waals surface area contributed by atoms with Gasteiger partial charge in [-0.25, -0.2) is 4.68 Å². The van der Waals surface area contributed by atoms with Crippen LogP contribution in [-0.2, 0) is 11.3 Å². The van der Waals surface area contributed by atoms with E-state index in [9.17, 15) is 9.59 Å². The topological polar surface area (TPSA) is 121 Å². The molecule has 0 unspecified atom stereocenters. The molecule has 10 heteroatoms. The molecule has 2 N–H and O–H groups in total. The van der Waals surface area contributed by atoms with Crippen molar-refractivity contribution in [3.8, 4) is 11.5 Å². The van der Waals surface area contributed by atoms with Gasteiger partial charge in [-0.15, -0.1) is 5.10 Å². The summed E-state index contributed by atoms with van der Waals surface area (Å²) in [6, 6.07) is 14.0. The monoisotopic (exact) mass is 463 g/mol. The normalized spacial score (nSPS) is 10.8. The van der Waals surface area contributed by atoms with Gasteiger partial charge in [-0.1, -0.05) is 17.3 Å². The molecule has 2 heterocycles. The predicted octanol–water partition coefficient (Wildman–Crippen LogP) is 4.10. The second-order valence-corrected chi connectivity index (χ2v) is 7.24. The summed E-state index contributed by atoms with van der Waals surface area (Å²) in [5, 5.41) is 13.9. The van der Waals surface area contributed by atoms with E-state index in [1.54, 1.807) is 28.9 Å². The number of hydrogen-bond acceptors (Lipinski definition) is 7. The Balaban J connectivity index is 1.51. The highest BCUT2D eigenvalue weighted by Crippen LogP contribution is 2.37. The number of hydrogen-bond donors (Lipinski definition) is 2. The zero-order chi connectivity index (χ0) is 23.9. The summed E-state index contributed by atoms with van der Waals surface area (Å²) in [6.07, 6.45) is 1.60. The zero-order valence-electron chi connectivity index (χ0n) is 18.9. The number of carbonyl (C=O) groups excluding carboxylic acids is 2. The van der Waals surface area contributed by atoms with Crippen molar-refractivity contribution in [1.29, 1.82) is 0 Å². The van der Waals surface area contributed by atoms with Crippen LogP contribution >= 0.6 is 0 Å². The number of aromatic nitrogens is 3. The highest BCUT2D eigenvalue weighted by Gasteiger charge is 2.18. The summed E-state index contributed by atoms with van der Waals surface area (Å²) in [4.78, 5) is 25.2. The van der Waals surface area contributed by atoms with Gasteiger partial charge in [0.2, 0.25) is 5.91 Å². The number of fused-ring (bicyclic) bond motifs is 1. The smallest absolute Gasteiger partial charge is 0.291 e. The van der Waals surface area contributed by atoms with Crippen molar-refractivity contribution in [3.05, 3.63) is 60.6 Å². The van der Waals surface area contributed by atoms with E-state index in [4.69, 9.17) is 13.9 Å². The van der Waals surface area contributed by atoms with Crippen LogP contribution in [0.1, 0.15) is 30.8 Å². The second kappa shape index (κ2) is 10.5. The predicted molar refractivity (Wildman–Crippen MR) is 126 cm³/mol. The van der Waals surface area contributed by atoms with Gasteiger partial charge >= 0.3 is 0 Å². The number of benzene rings is 2. The van der Waals surface area contributed by atoms with Crippen LogP contribution in [0.15, 0.2) is 59.2 Å². The molecule has 0 atom stereocenters. The molecule has 0 radical (unpaired) electrons. The maximum absolute atomic E-state index is 12.7. The van der Waals surface area contributed by atoms with Gasteiger partial charge in [0.25, 0.3) is 5.91 Å². The number of anilines is 2. The van der Waals surface area contributed by atoms with E-state index in [0.717, 1.165) is 11.0 Å². The van der Waals surface area contributed by atoms with Crippen LogP contribution in [-0.4, -0.2) is 40.0 Å². The minimum Gasteiger partial charge on any atom is -0.492 e. The molecule has 2 amide bonds. The molecule has 0 saturated carbocycles. The fourth-order valence-electron chi connectivity index (χ4n) is 3.40. The van der Waals surface area contributed by atoms with E-state index in [1.165, 1.54) is 6.26 Å². The van der Waals surface area contributed by atoms with Gasteiger partial charge in [-0.05, 0) is 38.1 Å². The first-order valence-corrected chi connectivity index (χ1v) is 11.0. The van der Waals surface area contributed by atoms with E-state index in [-0.39, 0.29) is 18.1 Å². The number of nitrogens with zero attached hydrogens (tertiary/aromatic N) is 3. The number of carbonyl (C=O) groups is 2. The van der Waals surface area contributed by atoms with E-state index < -0.39 is 5.91 Å². The molecule has 2 aromatic heterocycles. The molecule has 0 saturated heterocycles. The molecule has 0 aliphatic rings. The van der Waals surface area contributed by atoms with Crippen molar-refractivity contribution in [1.82, 2.24) is 15.0 Å². The third-order valence-electron chi connectivity index (χ3n) is 4.92. The highest BCUT2D eigenvalue weighted by atomic mass is 16.5. The number of furan rings is 1. The number of para-hydroxylation sites is 1. The summed E-state index contributed by atoms with van der Waals surface area (Å²) < 4.78 is 18.3. The number of nitrogens with one attached hydrogen (secondary N) is 2. The Morgan fingerprint density at radius 2 is 1.68 bits per heavy atom. The van der Waals surface area contributed by atoms with Crippen LogP contribution in [0.25, 0.3) is 11.0 Å². The SMILES string of the molecule is CCOc1cc(NC(=O)c2ccco2)c(OCC)cc1NC(=O)CCn1nnc2ccccc21. The summed E-state index contributed by atoms with van der Waals surface area (Å²) in [7, 11) is 0. The minimum atomic E-state index is -0.426. The van der Waals surface area contributed by atoms with Crippen LogP contribution in [0.4, 0.5) is 11.4 Å². The van der Waals surface area contributed by atoms with Gasteiger partial charge in [0.15, 0.2) is 5.76 Å². The summed E-state index contributed by atoms with van der Waals surface area (Å²) in [6.45, 7) is 4.76. The van der Waals surface area contributed by atoms with Gasteiger partial charge < -0.3 is 24.5 Å². The van der Waals surface area contributed by atoms with E-state index >= 15 is 0 Å². The number of amides is 2. The van der Waals surface area contributed by atoms with Gasteiger partial charge in [-0.3, -0.25) is 9.59 Å². The van der Waals surface area contributed by atoms with Crippen molar-refractivity contribution in [2.75, 3.05) is 23.8 Å². The average Bonchev–Trinajstić information content (AvgIpc) is 3.51. The largest absolute Gasteiger partial charge is 0.492 e. The number of aryl methyl sites for hydroxylation is 1. The number of ether oxygens (including phenoxy) is 2. The standard InChI is InChI=1S/C24H25N5O5/c1-3-32-21-15-18(26-24(31)20-10-7-13-34-20)22(33-4-2)14-17(21)25-23(30)11-12-29-19-9-6-5-8-16(19)27-28-29/h5-10,13-15H,3-4,11-12H2,1-2H3,(H,25,30)(H,26,31). The average molecular weight is 463 g/mol. The molecule has 0 aliphatic heterocycles. The lowest BCUT2D eigenvalue weighted by Crippen LogP contribution is -2.17. The van der Waals surface area contributed by atoms with Crippen LogP contribution in [0.5, 0.6) is 11.5 Å². The van der Waals surface area contributed by atoms with Crippen LogP contribution < -0.4 is 20.1 Å². The lowest BCUT2D eigenvalue weighted by Gasteiger charge is -2.17. The minimum absolute atomic E-state index is 0.165. The first-order chi connectivity index (χ1) is 16.6. The van der Waals surface area contributed by atoms with Crippen LogP contribution in [0.3, 0.4) is 0 Å². The Labute approximate surface area is 195 Å². The molecule has 4 rings (SSSR count). The maximum atomic E-state index is 12.7. The van der Waals surface area contributed by atoms with Gasteiger partial charge in [0.1, 0.15) is 17.0 Å². The molecular formula is C24H25N5O5. The Kier molecular flexibility index (Phi) is 7.07. The third-order valence-corrected chi connectivity index (χ3v) is 4.92. The molecular weight excluding hydrogens is 438 g/mol.